The number of nitrogens with zero attached hydrogens (tertiary/aromatic N) is 2. The summed E-state index contributed by atoms with van der Waals surface area (Å²) in [5.41, 5.74) is 4.81. The summed E-state index contributed by atoms with van der Waals surface area (Å²) in [6.45, 7) is 10.4. The van der Waals surface area contributed by atoms with E-state index >= 15 is 0 Å². The SMILES string of the molecule is CC(C)(C)N1CCn2c(cc3c2C=CCC3)C1. The van der Waals surface area contributed by atoms with Crippen molar-refractivity contribution in [1.29, 1.82) is 0 Å². The Kier molecular flexibility index (Phi) is 2.44. The van der Waals surface area contributed by atoms with Crippen LogP contribution in [0.4, 0.5) is 0 Å². The predicted molar refractivity (Wildman–Crippen MR) is 72.0 cm³/mol. The van der Waals surface area contributed by atoms with E-state index in [1.165, 1.54) is 30.8 Å². The summed E-state index contributed by atoms with van der Waals surface area (Å²) >= 11 is 0. The second-order valence-corrected chi connectivity index (χ2v) is 6.23. The minimum Gasteiger partial charge on any atom is -0.342 e. The third-order valence-electron chi connectivity index (χ3n) is 4.06. The number of hydrogen-bond donors (Lipinski definition) is 0. The second kappa shape index (κ2) is 3.74. The van der Waals surface area contributed by atoms with E-state index in [1.807, 2.05) is 0 Å². The first-order valence-electron chi connectivity index (χ1n) is 6.68. The molecule has 0 spiro atoms. The van der Waals surface area contributed by atoms with Gasteiger partial charge in [0, 0.05) is 36.6 Å². The van der Waals surface area contributed by atoms with E-state index in [0.29, 0.717) is 0 Å². The van der Waals surface area contributed by atoms with Gasteiger partial charge < -0.3 is 4.57 Å². The van der Waals surface area contributed by atoms with E-state index in [0.717, 1.165) is 13.1 Å². The highest BCUT2D eigenvalue weighted by atomic mass is 15.2. The van der Waals surface area contributed by atoms with Crippen molar-refractivity contribution < 1.29 is 0 Å². The molecule has 0 radical (unpaired) electrons. The Morgan fingerprint density at radius 1 is 1.18 bits per heavy atom. The van der Waals surface area contributed by atoms with Gasteiger partial charge >= 0.3 is 0 Å². The van der Waals surface area contributed by atoms with Crippen LogP contribution in [0.15, 0.2) is 12.1 Å². The molecule has 0 atom stereocenters. The number of aryl methyl sites for hydroxylation is 1. The van der Waals surface area contributed by atoms with Crippen LogP contribution in [-0.2, 0) is 19.5 Å². The maximum absolute atomic E-state index is 2.58. The summed E-state index contributed by atoms with van der Waals surface area (Å²) in [6.07, 6.45) is 7.06. The Hall–Kier alpha value is -1.02. The molecule has 0 unspecified atom stereocenters. The molecule has 92 valence electrons. The molecule has 0 saturated carbocycles. The van der Waals surface area contributed by atoms with Gasteiger partial charge in [0.15, 0.2) is 0 Å². The Bertz CT molecular complexity index is 460. The van der Waals surface area contributed by atoms with Gasteiger partial charge in [-0.25, -0.2) is 0 Å². The molecule has 0 saturated heterocycles. The highest BCUT2D eigenvalue weighted by Gasteiger charge is 2.27. The third kappa shape index (κ3) is 1.85. The van der Waals surface area contributed by atoms with Gasteiger partial charge in [0.2, 0.25) is 0 Å². The molecule has 0 amide bonds. The molecule has 1 aromatic heterocycles. The Balaban J connectivity index is 1.94. The van der Waals surface area contributed by atoms with Crippen LogP contribution in [0, 0.1) is 0 Å². The highest BCUT2D eigenvalue weighted by molar-refractivity contribution is 5.55. The van der Waals surface area contributed by atoms with Crippen molar-refractivity contribution in [3.05, 3.63) is 29.1 Å². The molecule has 3 rings (SSSR count). The largest absolute Gasteiger partial charge is 0.342 e. The van der Waals surface area contributed by atoms with Gasteiger partial charge in [-0.1, -0.05) is 6.08 Å². The number of hydrogen-bond acceptors (Lipinski definition) is 1. The third-order valence-corrected chi connectivity index (χ3v) is 4.06. The lowest BCUT2D eigenvalue weighted by Crippen LogP contribution is -2.45. The van der Waals surface area contributed by atoms with E-state index in [2.05, 4.69) is 48.5 Å². The van der Waals surface area contributed by atoms with Crippen LogP contribution < -0.4 is 0 Å². The summed E-state index contributed by atoms with van der Waals surface area (Å²) < 4.78 is 2.52. The first kappa shape index (κ1) is 11.1. The van der Waals surface area contributed by atoms with E-state index in [9.17, 15) is 0 Å². The molecule has 2 heterocycles. The lowest BCUT2D eigenvalue weighted by atomic mass is 10.0. The maximum Gasteiger partial charge on any atom is 0.0439 e. The number of rotatable bonds is 0. The van der Waals surface area contributed by atoms with Gasteiger partial charge in [0.05, 0.1) is 0 Å². The van der Waals surface area contributed by atoms with Crippen molar-refractivity contribution in [2.45, 2.75) is 52.2 Å². The second-order valence-electron chi connectivity index (χ2n) is 6.23. The van der Waals surface area contributed by atoms with Crippen LogP contribution in [0.3, 0.4) is 0 Å². The molecule has 2 nitrogen and oxygen atoms in total. The lowest BCUT2D eigenvalue weighted by Gasteiger charge is -2.39. The fourth-order valence-electron chi connectivity index (χ4n) is 2.98. The van der Waals surface area contributed by atoms with Crippen LogP contribution >= 0.6 is 0 Å². The molecular weight excluding hydrogens is 208 g/mol. The minimum atomic E-state index is 0.284. The van der Waals surface area contributed by atoms with Gasteiger partial charge in [0.25, 0.3) is 0 Å². The van der Waals surface area contributed by atoms with E-state index in [4.69, 9.17) is 0 Å². The molecule has 2 aliphatic rings. The van der Waals surface area contributed by atoms with Crippen LogP contribution in [0.1, 0.15) is 44.1 Å². The first-order chi connectivity index (χ1) is 8.05. The Morgan fingerprint density at radius 2 is 2.00 bits per heavy atom. The molecule has 17 heavy (non-hydrogen) atoms. The number of fused-ring (bicyclic) bond motifs is 3. The van der Waals surface area contributed by atoms with Crippen molar-refractivity contribution in [3.8, 4) is 0 Å². The van der Waals surface area contributed by atoms with Crippen molar-refractivity contribution in [2.24, 2.45) is 0 Å². The molecule has 0 bridgehead atoms. The summed E-state index contributed by atoms with van der Waals surface area (Å²) in [6, 6.07) is 2.43. The molecule has 1 aliphatic carbocycles. The van der Waals surface area contributed by atoms with Gasteiger partial charge in [-0.05, 0) is 51.3 Å². The van der Waals surface area contributed by atoms with Gasteiger partial charge in [-0.3, -0.25) is 4.90 Å². The standard InChI is InChI=1S/C15H22N2/c1-15(2,3)16-8-9-17-13(11-16)10-12-6-4-5-7-14(12)17/h5,7,10H,4,6,8-9,11H2,1-3H3. The van der Waals surface area contributed by atoms with Crippen LogP contribution in [0.25, 0.3) is 6.08 Å². The number of aromatic nitrogens is 1. The van der Waals surface area contributed by atoms with Crippen LogP contribution in [0.2, 0.25) is 0 Å². The smallest absolute Gasteiger partial charge is 0.0439 e. The van der Waals surface area contributed by atoms with Crippen LogP contribution in [0.5, 0.6) is 0 Å². The molecule has 0 fully saturated rings. The molecule has 2 heteroatoms. The predicted octanol–water partition coefficient (Wildman–Crippen LogP) is 3.06. The fourth-order valence-corrected chi connectivity index (χ4v) is 2.98. The van der Waals surface area contributed by atoms with E-state index in [-0.39, 0.29) is 5.54 Å². The monoisotopic (exact) mass is 230 g/mol. The molecular formula is C15H22N2. The Morgan fingerprint density at radius 3 is 2.76 bits per heavy atom. The van der Waals surface area contributed by atoms with Crippen LogP contribution in [-0.4, -0.2) is 21.6 Å². The van der Waals surface area contributed by atoms with Crippen molar-refractivity contribution >= 4 is 6.08 Å². The van der Waals surface area contributed by atoms with E-state index in [1.54, 1.807) is 5.56 Å². The molecule has 0 aromatic carbocycles. The van der Waals surface area contributed by atoms with Crippen molar-refractivity contribution in [1.82, 2.24) is 9.47 Å². The minimum absolute atomic E-state index is 0.284. The van der Waals surface area contributed by atoms with Crippen molar-refractivity contribution in [2.75, 3.05) is 6.54 Å². The zero-order valence-electron chi connectivity index (χ0n) is 11.2. The average Bonchev–Trinajstić information content (AvgIpc) is 2.65. The van der Waals surface area contributed by atoms with Crippen molar-refractivity contribution in [3.63, 3.8) is 0 Å². The summed E-state index contributed by atoms with van der Waals surface area (Å²) in [5.74, 6) is 0. The summed E-state index contributed by atoms with van der Waals surface area (Å²) in [5, 5.41) is 0. The summed E-state index contributed by atoms with van der Waals surface area (Å²) in [4.78, 5) is 2.58. The maximum atomic E-state index is 2.58. The quantitative estimate of drug-likeness (QED) is 0.665. The summed E-state index contributed by atoms with van der Waals surface area (Å²) in [7, 11) is 0. The topological polar surface area (TPSA) is 8.17 Å². The normalized spacial score (nSPS) is 20.2. The molecule has 1 aromatic rings. The highest BCUT2D eigenvalue weighted by Crippen LogP contribution is 2.29. The van der Waals surface area contributed by atoms with Gasteiger partial charge in [-0.15, -0.1) is 0 Å². The number of allylic oxidation sites excluding steroid dienone is 1. The van der Waals surface area contributed by atoms with Gasteiger partial charge in [0.1, 0.15) is 0 Å². The Labute approximate surface area is 104 Å². The van der Waals surface area contributed by atoms with E-state index < -0.39 is 0 Å². The first-order valence-corrected chi connectivity index (χ1v) is 6.68. The average molecular weight is 230 g/mol. The molecule has 0 N–H and O–H groups in total. The lowest BCUT2D eigenvalue weighted by molar-refractivity contribution is 0.102. The zero-order valence-corrected chi connectivity index (χ0v) is 11.2. The van der Waals surface area contributed by atoms with Gasteiger partial charge in [-0.2, -0.15) is 0 Å². The fraction of sp³-hybridized carbons (Fsp3) is 0.600. The molecule has 1 aliphatic heterocycles. The zero-order chi connectivity index (χ0) is 12.0.